The summed E-state index contributed by atoms with van der Waals surface area (Å²) in [4.78, 5) is 11.3. The van der Waals surface area contributed by atoms with Crippen LogP contribution in [-0.4, -0.2) is 36.7 Å². The number of hydrogen-bond donors (Lipinski definition) is 3. The molecule has 0 bridgehead atoms. The van der Waals surface area contributed by atoms with Crippen LogP contribution < -0.4 is 4.72 Å². The molecule has 1 fully saturated rings. The number of sulfonamides is 1. The third kappa shape index (κ3) is 3.20. The van der Waals surface area contributed by atoms with E-state index in [4.69, 9.17) is 5.11 Å². The van der Waals surface area contributed by atoms with Gasteiger partial charge in [-0.1, -0.05) is 12.8 Å². The van der Waals surface area contributed by atoms with Gasteiger partial charge in [0.05, 0.1) is 11.0 Å². The lowest BCUT2D eigenvalue weighted by atomic mass is 9.93. The zero-order chi connectivity index (χ0) is 14.9. The number of carboxylic acid groups (broad SMARTS) is 1. The van der Waals surface area contributed by atoms with Gasteiger partial charge in [-0.3, -0.25) is 0 Å². The molecule has 0 amide bonds. The highest BCUT2D eigenvalue weighted by molar-refractivity contribution is 7.89. The number of carbonyl (C=O) groups is 1. The number of hydrogen-bond acceptors (Lipinski definition) is 5. The van der Waals surface area contributed by atoms with Crippen molar-refractivity contribution in [2.24, 2.45) is 0 Å². The van der Waals surface area contributed by atoms with Crippen molar-refractivity contribution in [2.75, 3.05) is 0 Å². The van der Waals surface area contributed by atoms with E-state index in [2.05, 4.69) is 4.72 Å². The first kappa shape index (κ1) is 15.4. The van der Waals surface area contributed by atoms with E-state index < -0.39 is 28.1 Å². The Labute approximate surface area is 121 Å². The van der Waals surface area contributed by atoms with Crippen LogP contribution in [0.5, 0.6) is 0 Å². The number of nitrogens with one attached hydrogen (secondary N) is 1. The largest absolute Gasteiger partial charge is 0.477 e. The standard InChI is InChI=1S/C12H17NO5S2/c1-7-11(6-10(19-7)12(15)16)20(17,18)13-8-4-2-3-5-9(8)14/h6,8-9,13-14H,2-5H2,1H3,(H,15,16)/t8-,9-/m1/s1. The van der Waals surface area contributed by atoms with Crippen molar-refractivity contribution >= 4 is 27.3 Å². The summed E-state index contributed by atoms with van der Waals surface area (Å²) in [6.45, 7) is 1.57. The van der Waals surface area contributed by atoms with Crippen LogP contribution in [0.3, 0.4) is 0 Å². The van der Waals surface area contributed by atoms with E-state index in [0.29, 0.717) is 17.7 Å². The lowest BCUT2D eigenvalue weighted by Gasteiger charge is -2.28. The first-order chi connectivity index (χ1) is 9.31. The molecule has 112 valence electrons. The molecule has 1 saturated carbocycles. The molecule has 1 heterocycles. The van der Waals surface area contributed by atoms with Crippen molar-refractivity contribution in [1.82, 2.24) is 4.72 Å². The van der Waals surface area contributed by atoms with Crippen molar-refractivity contribution in [1.29, 1.82) is 0 Å². The van der Waals surface area contributed by atoms with Gasteiger partial charge in [-0.15, -0.1) is 11.3 Å². The van der Waals surface area contributed by atoms with Crippen molar-refractivity contribution < 1.29 is 23.4 Å². The third-order valence-corrected chi connectivity index (χ3v) is 6.19. The number of carboxylic acids is 1. The Morgan fingerprint density at radius 3 is 2.60 bits per heavy atom. The van der Waals surface area contributed by atoms with Crippen molar-refractivity contribution in [3.05, 3.63) is 15.8 Å². The molecule has 0 aromatic carbocycles. The normalized spacial score (nSPS) is 23.7. The highest BCUT2D eigenvalue weighted by atomic mass is 32.2. The highest BCUT2D eigenvalue weighted by Gasteiger charge is 2.30. The van der Waals surface area contributed by atoms with E-state index in [1.54, 1.807) is 6.92 Å². The zero-order valence-electron chi connectivity index (χ0n) is 11.0. The van der Waals surface area contributed by atoms with E-state index in [1.807, 2.05) is 0 Å². The Bertz CT molecular complexity index is 607. The molecule has 1 aromatic heterocycles. The zero-order valence-corrected chi connectivity index (χ0v) is 12.6. The summed E-state index contributed by atoms with van der Waals surface area (Å²) < 4.78 is 27.1. The fourth-order valence-electron chi connectivity index (χ4n) is 2.35. The number of thiophene rings is 1. The molecule has 2 atom stereocenters. The lowest BCUT2D eigenvalue weighted by molar-refractivity contribution is 0.0702. The minimum Gasteiger partial charge on any atom is -0.477 e. The van der Waals surface area contributed by atoms with Gasteiger partial charge in [0.25, 0.3) is 0 Å². The van der Waals surface area contributed by atoms with Gasteiger partial charge < -0.3 is 10.2 Å². The van der Waals surface area contributed by atoms with Crippen LogP contribution in [-0.2, 0) is 10.0 Å². The minimum atomic E-state index is -3.80. The second-order valence-corrected chi connectivity index (χ2v) is 7.85. The quantitative estimate of drug-likeness (QED) is 0.777. The Kier molecular flexibility index (Phi) is 4.48. The Morgan fingerprint density at radius 1 is 1.40 bits per heavy atom. The van der Waals surface area contributed by atoms with E-state index in [1.165, 1.54) is 6.07 Å². The fraction of sp³-hybridized carbons (Fsp3) is 0.583. The molecule has 3 N–H and O–H groups in total. The van der Waals surface area contributed by atoms with Crippen LogP contribution in [0.1, 0.15) is 40.2 Å². The summed E-state index contributed by atoms with van der Waals surface area (Å²) in [5, 5.41) is 18.7. The van der Waals surface area contributed by atoms with Crippen LogP contribution in [0.2, 0.25) is 0 Å². The average molecular weight is 319 g/mol. The summed E-state index contributed by atoms with van der Waals surface area (Å²) in [7, 11) is -3.80. The summed E-state index contributed by atoms with van der Waals surface area (Å²) in [5.41, 5.74) is 0. The highest BCUT2D eigenvalue weighted by Crippen LogP contribution is 2.27. The monoisotopic (exact) mass is 319 g/mol. The molecule has 1 aliphatic rings. The molecule has 6 nitrogen and oxygen atoms in total. The van der Waals surface area contributed by atoms with Gasteiger partial charge in [0, 0.05) is 10.9 Å². The van der Waals surface area contributed by atoms with Crippen molar-refractivity contribution in [3.63, 3.8) is 0 Å². The number of aliphatic hydroxyl groups excluding tert-OH is 1. The smallest absolute Gasteiger partial charge is 0.345 e. The van der Waals surface area contributed by atoms with E-state index in [-0.39, 0.29) is 9.77 Å². The summed E-state index contributed by atoms with van der Waals surface area (Å²) >= 11 is 0.931. The Balaban J connectivity index is 2.24. The van der Waals surface area contributed by atoms with Gasteiger partial charge in [-0.05, 0) is 25.8 Å². The van der Waals surface area contributed by atoms with Crippen LogP contribution in [0, 0.1) is 6.92 Å². The molecule has 0 unspecified atom stereocenters. The predicted octanol–water partition coefficient (Wildman–Crippen LogP) is 1.34. The van der Waals surface area contributed by atoms with Crippen LogP contribution in [0.4, 0.5) is 0 Å². The third-order valence-electron chi connectivity index (χ3n) is 3.41. The van der Waals surface area contributed by atoms with Crippen LogP contribution in [0.25, 0.3) is 0 Å². The van der Waals surface area contributed by atoms with Gasteiger partial charge in [-0.25, -0.2) is 17.9 Å². The molecular formula is C12H17NO5S2. The SMILES string of the molecule is Cc1sc(C(=O)O)cc1S(=O)(=O)N[C@@H]1CCCC[C@H]1O. The van der Waals surface area contributed by atoms with Crippen molar-refractivity contribution in [3.8, 4) is 0 Å². The lowest BCUT2D eigenvalue weighted by Crippen LogP contribution is -2.44. The summed E-state index contributed by atoms with van der Waals surface area (Å²) in [6.07, 6.45) is 2.25. The maximum atomic E-state index is 12.3. The summed E-state index contributed by atoms with van der Waals surface area (Å²) in [6, 6.07) is 0.668. The molecule has 8 heteroatoms. The number of aliphatic hydroxyl groups is 1. The first-order valence-electron chi connectivity index (χ1n) is 6.35. The molecule has 20 heavy (non-hydrogen) atoms. The molecule has 0 spiro atoms. The number of rotatable bonds is 4. The summed E-state index contributed by atoms with van der Waals surface area (Å²) in [5.74, 6) is -1.14. The van der Waals surface area contributed by atoms with Gasteiger partial charge in [0.1, 0.15) is 4.88 Å². The topological polar surface area (TPSA) is 104 Å². The maximum absolute atomic E-state index is 12.3. The molecule has 2 rings (SSSR count). The number of aromatic carboxylic acids is 1. The van der Waals surface area contributed by atoms with Gasteiger partial charge in [-0.2, -0.15) is 0 Å². The Hall–Kier alpha value is -0.960. The van der Waals surface area contributed by atoms with E-state index >= 15 is 0 Å². The molecule has 1 aliphatic carbocycles. The maximum Gasteiger partial charge on any atom is 0.345 e. The minimum absolute atomic E-state index is 0.00734. The molecule has 0 radical (unpaired) electrons. The average Bonchev–Trinajstić information content (AvgIpc) is 2.75. The molecular weight excluding hydrogens is 302 g/mol. The predicted molar refractivity (Wildman–Crippen MR) is 74.6 cm³/mol. The van der Waals surface area contributed by atoms with Gasteiger partial charge >= 0.3 is 5.97 Å². The van der Waals surface area contributed by atoms with E-state index in [9.17, 15) is 18.3 Å². The van der Waals surface area contributed by atoms with E-state index in [0.717, 1.165) is 24.2 Å². The second-order valence-electron chi connectivity index (χ2n) is 4.92. The molecule has 1 aromatic rings. The van der Waals surface area contributed by atoms with Gasteiger partial charge in [0.2, 0.25) is 10.0 Å². The number of aryl methyl sites for hydroxylation is 1. The van der Waals surface area contributed by atoms with Crippen molar-refractivity contribution in [2.45, 2.75) is 49.6 Å². The van der Waals surface area contributed by atoms with Crippen LogP contribution >= 0.6 is 11.3 Å². The second kappa shape index (κ2) is 5.80. The van der Waals surface area contributed by atoms with Gasteiger partial charge in [0.15, 0.2) is 0 Å². The fourth-order valence-corrected chi connectivity index (χ4v) is 5.08. The molecule has 0 saturated heterocycles. The Morgan fingerprint density at radius 2 is 2.05 bits per heavy atom. The molecule has 0 aliphatic heterocycles. The van der Waals surface area contributed by atoms with Crippen LogP contribution in [0.15, 0.2) is 11.0 Å². The first-order valence-corrected chi connectivity index (χ1v) is 8.65.